The molecule has 0 heterocycles. The molecule has 0 aromatic rings. The van der Waals surface area contributed by atoms with Crippen molar-refractivity contribution in [1.29, 1.82) is 0 Å². The zero-order chi connectivity index (χ0) is 11.5. The predicted octanol–water partition coefficient (Wildman–Crippen LogP) is 5.04. The highest BCUT2D eigenvalue weighted by Crippen LogP contribution is 2.40. The van der Waals surface area contributed by atoms with Crippen LogP contribution in [0.2, 0.25) is 0 Å². The van der Waals surface area contributed by atoms with Gasteiger partial charge in [0.25, 0.3) is 0 Å². The fraction of sp³-hybridized carbons (Fsp3) is 0.600. The Bertz CT molecular complexity index is 311. The maximum atomic E-state index is 2.36. The summed E-state index contributed by atoms with van der Waals surface area (Å²) in [5.41, 5.74) is 4.84. The summed E-state index contributed by atoms with van der Waals surface area (Å²) in [6.45, 7) is 11.3. The smallest absolute Gasteiger partial charge is 0.0104 e. The van der Waals surface area contributed by atoms with E-state index >= 15 is 0 Å². The molecule has 0 saturated carbocycles. The molecule has 1 aliphatic rings. The van der Waals surface area contributed by atoms with E-state index in [2.05, 4.69) is 52.8 Å². The molecule has 0 atom stereocenters. The quantitative estimate of drug-likeness (QED) is 0.553. The molecule has 0 nitrogen and oxygen atoms in total. The summed E-state index contributed by atoms with van der Waals surface area (Å²) in [6.07, 6.45) is 10.7. The SMILES string of the molecule is CC=C(C)/C=C/C1=C(C)CCCC1(C)C. The Morgan fingerprint density at radius 2 is 2.00 bits per heavy atom. The second-order valence-electron chi connectivity index (χ2n) is 5.30. The van der Waals surface area contributed by atoms with Gasteiger partial charge in [-0.3, -0.25) is 0 Å². The van der Waals surface area contributed by atoms with Crippen molar-refractivity contribution < 1.29 is 0 Å². The van der Waals surface area contributed by atoms with E-state index in [9.17, 15) is 0 Å². The Hall–Kier alpha value is -0.780. The number of hydrogen-bond donors (Lipinski definition) is 0. The van der Waals surface area contributed by atoms with Gasteiger partial charge in [0.1, 0.15) is 0 Å². The first-order valence-corrected chi connectivity index (χ1v) is 5.98. The molecule has 1 rings (SSSR count). The fourth-order valence-electron chi connectivity index (χ4n) is 2.32. The van der Waals surface area contributed by atoms with E-state index in [0.29, 0.717) is 5.41 Å². The van der Waals surface area contributed by atoms with Crippen LogP contribution in [0.1, 0.15) is 53.9 Å². The highest BCUT2D eigenvalue weighted by Gasteiger charge is 2.26. The molecule has 0 amide bonds. The van der Waals surface area contributed by atoms with Crippen molar-refractivity contribution in [1.82, 2.24) is 0 Å². The van der Waals surface area contributed by atoms with Gasteiger partial charge in [0, 0.05) is 0 Å². The van der Waals surface area contributed by atoms with Crippen LogP contribution in [0, 0.1) is 5.41 Å². The van der Waals surface area contributed by atoms with Crippen LogP contribution in [-0.4, -0.2) is 0 Å². The van der Waals surface area contributed by atoms with Crippen LogP contribution < -0.4 is 0 Å². The van der Waals surface area contributed by atoms with Crippen LogP contribution in [0.15, 0.2) is 34.9 Å². The standard InChI is InChI=1S/C15H24/c1-6-12(2)9-10-14-13(3)8-7-11-15(14,4)5/h6,9-10H,7-8,11H2,1-5H3/b10-9+,12-6?. The van der Waals surface area contributed by atoms with Gasteiger partial charge >= 0.3 is 0 Å². The van der Waals surface area contributed by atoms with Crippen molar-refractivity contribution in [2.24, 2.45) is 5.41 Å². The van der Waals surface area contributed by atoms with Crippen molar-refractivity contribution in [3.63, 3.8) is 0 Å². The van der Waals surface area contributed by atoms with Gasteiger partial charge in [-0.2, -0.15) is 0 Å². The van der Waals surface area contributed by atoms with E-state index in [4.69, 9.17) is 0 Å². The van der Waals surface area contributed by atoms with Crippen LogP contribution in [0.5, 0.6) is 0 Å². The predicted molar refractivity (Wildman–Crippen MR) is 68.9 cm³/mol. The lowest BCUT2D eigenvalue weighted by Crippen LogP contribution is -2.19. The molecular weight excluding hydrogens is 180 g/mol. The zero-order valence-corrected chi connectivity index (χ0v) is 10.9. The highest BCUT2D eigenvalue weighted by atomic mass is 14.3. The van der Waals surface area contributed by atoms with Gasteiger partial charge in [0.15, 0.2) is 0 Å². The first-order chi connectivity index (χ1) is 6.97. The van der Waals surface area contributed by atoms with Crippen LogP contribution in [-0.2, 0) is 0 Å². The lowest BCUT2D eigenvalue weighted by Gasteiger charge is -2.32. The Morgan fingerprint density at radius 3 is 2.53 bits per heavy atom. The second kappa shape index (κ2) is 4.83. The topological polar surface area (TPSA) is 0 Å². The minimum absolute atomic E-state index is 0.368. The fourth-order valence-corrected chi connectivity index (χ4v) is 2.32. The Labute approximate surface area is 94.8 Å². The van der Waals surface area contributed by atoms with Gasteiger partial charge in [-0.05, 0) is 51.0 Å². The molecular formula is C15H24. The Kier molecular flexibility index (Phi) is 3.96. The maximum Gasteiger partial charge on any atom is -0.0104 e. The Morgan fingerprint density at radius 1 is 1.33 bits per heavy atom. The van der Waals surface area contributed by atoms with Gasteiger partial charge < -0.3 is 0 Å². The molecule has 0 N–H and O–H groups in total. The molecule has 1 aliphatic carbocycles. The summed E-state index contributed by atoms with van der Waals surface area (Å²) in [5.74, 6) is 0. The number of hydrogen-bond acceptors (Lipinski definition) is 0. The third-order valence-electron chi connectivity index (χ3n) is 3.51. The summed E-state index contributed by atoms with van der Waals surface area (Å²) in [5, 5.41) is 0. The molecule has 0 aromatic heterocycles. The highest BCUT2D eigenvalue weighted by molar-refractivity contribution is 5.35. The van der Waals surface area contributed by atoms with Gasteiger partial charge in [-0.15, -0.1) is 0 Å². The van der Waals surface area contributed by atoms with Gasteiger partial charge in [0.2, 0.25) is 0 Å². The molecule has 0 fully saturated rings. The summed E-state index contributed by atoms with van der Waals surface area (Å²) >= 11 is 0. The van der Waals surface area contributed by atoms with Crippen molar-refractivity contribution >= 4 is 0 Å². The average Bonchev–Trinajstić information content (AvgIpc) is 2.15. The first kappa shape index (κ1) is 12.3. The molecule has 0 unspecified atom stereocenters. The molecule has 0 heteroatoms. The largest absolute Gasteiger partial charge is 0.0847 e. The lowest BCUT2D eigenvalue weighted by molar-refractivity contribution is 0.377. The third kappa shape index (κ3) is 3.09. The summed E-state index contributed by atoms with van der Waals surface area (Å²) in [4.78, 5) is 0. The molecule has 0 aromatic carbocycles. The lowest BCUT2D eigenvalue weighted by atomic mass is 9.72. The van der Waals surface area contributed by atoms with Gasteiger partial charge in [0.05, 0.1) is 0 Å². The van der Waals surface area contributed by atoms with Gasteiger partial charge in [-0.25, -0.2) is 0 Å². The molecule has 0 aliphatic heterocycles. The van der Waals surface area contributed by atoms with Crippen LogP contribution >= 0.6 is 0 Å². The van der Waals surface area contributed by atoms with Crippen LogP contribution in [0.4, 0.5) is 0 Å². The van der Waals surface area contributed by atoms with E-state index in [0.717, 1.165) is 0 Å². The van der Waals surface area contributed by atoms with Crippen molar-refractivity contribution in [2.75, 3.05) is 0 Å². The maximum absolute atomic E-state index is 2.36. The summed E-state index contributed by atoms with van der Waals surface area (Å²) < 4.78 is 0. The van der Waals surface area contributed by atoms with E-state index in [1.807, 2.05) is 0 Å². The molecule has 0 saturated heterocycles. The Balaban J connectivity index is 2.95. The number of rotatable bonds is 2. The van der Waals surface area contributed by atoms with Crippen molar-refractivity contribution in [3.05, 3.63) is 34.9 Å². The minimum Gasteiger partial charge on any atom is -0.0847 e. The molecule has 0 radical (unpaired) electrons. The molecule has 84 valence electrons. The van der Waals surface area contributed by atoms with Crippen LogP contribution in [0.25, 0.3) is 0 Å². The van der Waals surface area contributed by atoms with Crippen molar-refractivity contribution in [3.8, 4) is 0 Å². The van der Waals surface area contributed by atoms with Gasteiger partial charge in [-0.1, -0.05) is 43.2 Å². The minimum atomic E-state index is 0.368. The van der Waals surface area contributed by atoms with E-state index < -0.39 is 0 Å². The first-order valence-electron chi connectivity index (χ1n) is 5.98. The van der Waals surface area contributed by atoms with E-state index in [1.54, 1.807) is 11.1 Å². The van der Waals surface area contributed by atoms with Crippen molar-refractivity contribution in [2.45, 2.75) is 53.9 Å². The average molecular weight is 204 g/mol. The summed E-state index contributed by atoms with van der Waals surface area (Å²) in [6, 6.07) is 0. The molecule has 15 heavy (non-hydrogen) atoms. The van der Waals surface area contributed by atoms with E-state index in [-0.39, 0.29) is 0 Å². The second-order valence-corrected chi connectivity index (χ2v) is 5.30. The normalized spacial score (nSPS) is 22.6. The molecule has 0 spiro atoms. The van der Waals surface area contributed by atoms with Crippen LogP contribution in [0.3, 0.4) is 0 Å². The zero-order valence-electron chi connectivity index (χ0n) is 10.9. The number of allylic oxidation sites excluding steroid dienone is 6. The third-order valence-corrected chi connectivity index (χ3v) is 3.51. The monoisotopic (exact) mass is 204 g/mol. The molecule has 0 bridgehead atoms. The summed E-state index contributed by atoms with van der Waals surface area (Å²) in [7, 11) is 0. The van der Waals surface area contributed by atoms with E-state index in [1.165, 1.54) is 24.8 Å².